The molecule has 2 rings (SSSR count). The number of aliphatic imine (C=N–C) groups is 1. The Balaban J connectivity index is 1.79. The van der Waals surface area contributed by atoms with E-state index in [9.17, 15) is 5.11 Å². The molecule has 1 atom stereocenters. The molecule has 3 N–H and O–H groups in total. The summed E-state index contributed by atoms with van der Waals surface area (Å²) >= 11 is 12.0. The summed E-state index contributed by atoms with van der Waals surface area (Å²) in [5.74, 6) is 0.670. The number of aliphatic hydroxyl groups is 1. The van der Waals surface area contributed by atoms with E-state index in [4.69, 9.17) is 23.2 Å². The third kappa shape index (κ3) is 7.19. The molecule has 0 spiro atoms. The van der Waals surface area contributed by atoms with Gasteiger partial charge in [-0.3, -0.25) is 4.99 Å². The van der Waals surface area contributed by atoms with Crippen molar-refractivity contribution in [3.8, 4) is 0 Å². The van der Waals surface area contributed by atoms with Crippen LogP contribution < -0.4 is 10.6 Å². The molecule has 2 aromatic rings. The standard InChI is InChI=1S/C17H24Cl2N6O/c1-2-20-17(21-5-3-4-6-25-11-23-24-12-25)22-10-16(26)13-7-14(18)9-15(19)8-13/h7-9,11-12,16,26H,2-6,10H2,1H3,(H2,20,21,22). The van der Waals surface area contributed by atoms with Gasteiger partial charge in [0.05, 0.1) is 12.6 Å². The number of aryl methyl sites for hydroxylation is 1. The van der Waals surface area contributed by atoms with Gasteiger partial charge < -0.3 is 20.3 Å². The Morgan fingerprint density at radius 1 is 1.15 bits per heavy atom. The number of guanidine groups is 1. The molecule has 1 aromatic heterocycles. The summed E-state index contributed by atoms with van der Waals surface area (Å²) in [4.78, 5) is 4.43. The van der Waals surface area contributed by atoms with Crippen molar-refractivity contribution in [2.24, 2.45) is 4.99 Å². The fourth-order valence-electron chi connectivity index (χ4n) is 2.36. The second kappa shape index (κ2) is 11.0. The number of nitrogens with zero attached hydrogens (tertiary/aromatic N) is 4. The van der Waals surface area contributed by atoms with Gasteiger partial charge in [0.15, 0.2) is 5.96 Å². The molecule has 142 valence electrons. The number of aromatic nitrogens is 3. The number of unbranched alkanes of at least 4 members (excludes halogenated alkanes) is 1. The number of benzene rings is 1. The number of nitrogens with one attached hydrogen (secondary N) is 2. The second-order valence-corrected chi connectivity index (χ2v) is 6.64. The summed E-state index contributed by atoms with van der Waals surface area (Å²) in [6.45, 7) is 4.62. The van der Waals surface area contributed by atoms with E-state index in [0.717, 1.165) is 32.5 Å². The molecule has 1 aromatic carbocycles. The van der Waals surface area contributed by atoms with Crippen molar-refractivity contribution in [1.29, 1.82) is 0 Å². The molecular formula is C17H24Cl2N6O. The predicted octanol–water partition coefficient (Wildman–Crippen LogP) is 2.65. The maximum atomic E-state index is 10.3. The summed E-state index contributed by atoms with van der Waals surface area (Å²) < 4.78 is 1.95. The van der Waals surface area contributed by atoms with Crippen LogP contribution in [0.2, 0.25) is 10.0 Å². The van der Waals surface area contributed by atoms with Crippen LogP contribution >= 0.6 is 23.2 Å². The highest BCUT2D eigenvalue weighted by Crippen LogP contribution is 2.23. The Bertz CT molecular complexity index is 672. The van der Waals surface area contributed by atoms with Crippen LogP contribution in [0.5, 0.6) is 0 Å². The van der Waals surface area contributed by atoms with Crippen LogP contribution in [0.25, 0.3) is 0 Å². The number of halogens is 2. The van der Waals surface area contributed by atoms with Gasteiger partial charge in [-0.25, -0.2) is 0 Å². The quantitative estimate of drug-likeness (QED) is 0.343. The molecular weight excluding hydrogens is 375 g/mol. The van der Waals surface area contributed by atoms with Gasteiger partial charge in [-0.15, -0.1) is 10.2 Å². The zero-order valence-electron chi connectivity index (χ0n) is 14.7. The van der Waals surface area contributed by atoms with Crippen molar-refractivity contribution < 1.29 is 5.11 Å². The third-order valence-corrected chi connectivity index (χ3v) is 4.07. The summed E-state index contributed by atoms with van der Waals surface area (Å²) in [5, 5.41) is 25.3. The van der Waals surface area contributed by atoms with E-state index in [1.165, 1.54) is 0 Å². The number of hydrogen-bond donors (Lipinski definition) is 3. The van der Waals surface area contributed by atoms with Crippen LogP contribution in [0.1, 0.15) is 31.4 Å². The van der Waals surface area contributed by atoms with Crippen LogP contribution in [0, 0.1) is 0 Å². The largest absolute Gasteiger partial charge is 0.386 e. The average molecular weight is 399 g/mol. The average Bonchev–Trinajstić information content (AvgIpc) is 3.11. The number of aliphatic hydroxyl groups excluding tert-OH is 1. The minimum Gasteiger partial charge on any atom is -0.386 e. The second-order valence-electron chi connectivity index (χ2n) is 5.77. The highest BCUT2D eigenvalue weighted by molar-refractivity contribution is 6.34. The van der Waals surface area contributed by atoms with Gasteiger partial charge in [-0.05, 0) is 43.5 Å². The van der Waals surface area contributed by atoms with E-state index in [1.807, 2.05) is 11.5 Å². The molecule has 0 amide bonds. The lowest BCUT2D eigenvalue weighted by Crippen LogP contribution is -2.38. The lowest BCUT2D eigenvalue weighted by atomic mass is 10.1. The lowest BCUT2D eigenvalue weighted by molar-refractivity contribution is 0.187. The minimum atomic E-state index is -0.768. The molecule has 0 aliphatic heterocycles. The maximum Gasteiger partial charge on any atom is 0.191 e. The van der Waals surface area contributed by atoms with Crippen molar-refractivity contribution in [2.75, 3.05) is 19.6 Å². The van der Waals surface area contributed by atoms with E-state index in [2.05, 4.69) is 25.8 Å². The highest BCUT2D eigenvalue weighted by Gasteiger charge is 2.09. The van der Waals surface area contributed by atoms with Gasteiger partial charge in [0.25, 0.3) is 0 Å². The van der Waals surface area contributed by atoms with Gasteiger partial charge in [0.1, 0.15) is 12.7 Å². The van der Waals surface area contributed by atoms with Crippen molar-refractivity contribution in [3.63, 3.8) is 0 Å². The Morgan fingerprint density at radius 3 is 2.50 bits per heavy atom. The van der Waals surface area contributed by atoms with Crippen LogP contribution in [0.15, 0.2) is 35.8 Å². The first kappa shape index (κ1) is 20.5. The summed E-state index contributed by atoms with van der Waals surface area (Å²) in [5.41, 5.74) is 0.649. The Hall–Kier alpha value is -1.83. The number of rotatable bonds is 9. The molecule has 26 heavy (non-hydrogen) atoms. The van der Waals surface area contributed by atoms with Crippen molar-refractivity contribution in [2.45, 2.75) is 32.4 Å². The van der Waals surface area contributed by atoms with Crippen LogP contribution in [-0.2, 0) is 6.54 Å². The molecule has 0 saturated heterocycles. The minimum absolute atomic E-state index is 0.215. The van der Waals surface area contributed by atoms with Gasteiger partial charge in [0, 0.05) is 29.7 Å². The van der Waals surface area contributed by atoms with E-state index in [1.54, 1.807) is 30.9 Å². The van der Waals surface area contributed by atoms with E-state index in [-0.39, 0.29) is 6.54 Å². The molecule has 0 aliphatic carbocycles. The van der Waals surface area contributed by atoms with Crippen molar-refractivity contribution >= 4 is 29.2 Å². The van der Waals surface area contributed by atoms with Crippen molar-refractivity contribution in [3.05, 3.63) is 46.5 Å². The molecule has 1 heterocycles. The van der Waals surface area contributed by atoms with Gasteiger partial charge >= 0.3 is 0 Å². The normalized spacial score (nSPS) is 12.8. The van der Waals surface area contributed by atoms with E-state index in [0.29, 0.717) is 21.6 Å². The summed E-state index contributed by atoms with van der Waals surface area (Å²) in [7, 11) is 0. The predicted molar refractivity (Wildman–Crippen MR) is 105 cm³/mol. The SMILES string of the molecule is CCNC(=NCC(O)c1cc(Cl)cc(Cl)c1)NCCCCn1cnnc1. The third-order valence-electron chi connectivity index (χ3n) is 3.64. The molecule has 0 radical (unpaired) electrons. The fraction of sp³-hybridized carbons (Fsp3) is 0.471. The maximum absolute atomic E-state index is 10.3. The molecule has 0 bridgehead atoms. The topological polar surface area (TPSA) is 87.4 Å². The lowest BCUT2D eigenvalue weighted by Gasteiger charge is -2.14. The fourth-order valence-corrected chi connectivity index (χ4v) is 2.90. The first-order valence-corrected chi connectivity index (χ1v) is 9.32. The smallest absolute Gasteiger partial charge is 0.191 e. The van der Waals surface area contributed by atoms with E-state index < -0.39 is 6.10 Å². The van der Waals surface area contributed by atoms with Gasteiger partial charge in [-0.2, -0.15) is 0 Å². The van der Waals surface area contributed by atoms with E-state index >= 15 is 0 Å². The summed E-state index contributed by atoms with van der Waals surface area (Å²) in [6.07, 6.45) is 4.64. The molecule has 1 unspecified atom stereocenters. The number of hydrogen-bond acceptors (Lipinski definition) is 4. The molecule has 0 saturated carbocycles. The summed E-state index contributed by atoms with van der Waals surface area (Å²) in [6, 6.07) is 5.02. The Kier molecular flexibility index (Phi) is 8.67. The van der Waals surface area contributed by atoms with Crippen molar-refractivity contribution in [1.82, 2.24) is 25.4 Å². The molecule has 0 aliphatic rings. The first-order valence-electron chi connectivity index (χ1n) is 8.57. The monoisotopic (exact) mass is 398 g/mol. The van der Waals surface area contributed by atoms with Gasteiger partial charge in [0.2, 0.25) is 0 Å². The van der Waals surface area contributed by atoms with Crippen LogP contribution in [-0.4, -0.2) is 45.5 Å². The van der Waals surface area contributed by atoms with Crippen LogP contribution in [0.4, 0.5) is 0 Å². The molecule has 7 nitrogen and oxygen atoms in total. The molecule has 0 fully saturated rings. The first-order chi connectivity index (χ1) is 12.6. The molecule has 9 heteroatoms. The highest BCUT2D eigenvalue weighted by atomic mass is 35.5. The van der Waals surface area contributed by atoms with Gasteiger partial charge in [-0.1, -0.05) is 23.2 Å². The van der Waals surface area contributed by atoms with Crippen LogP contribution in [0.3, 0.4) is 0 Å². The zero-order valence-corrected chi connectivity index (χ0v) is 16.2. The Labute approximate surface area is 163 Å². The zero-order chi connectivity index (χ0) is 18.8. The Morgan fingerprint density at radius 2 is 1.85 bits per heavy atom.